The molecule has 0 saturated heterocycles. The minimum absolute atomic E-state index is 0.342. The van der Waals surface area contributed by atoms with Gasteiger partial charge in [0.25, 0.3) is 0 Å². The zero-order chi connectivity index (χ0) is 15.0. The molecule has 8 heteroatoms. The van der Waals surface area contributed by atoms with Gasteiger partial charge in [0.2, 0.25) is 5.95 Å². The molecule has 1 aliphatic rings. The standard InChI is InChI=1S/C13H12FN5O2/c1-7-10(12(20)21-2)11(8-4-3-5-9(14)6-8)19-13(15-7)16-17-18-19/h3-6,10-11H,1H2,2H3,(H,15,16,18)/t10-,11+/m1/s1. The summed E-state index contributed by atoms with van der Waals surface area (Å²) in [6.45, 7) is 3.83. The first-order valence-corrected chi connectivity index (χ1v) is 6.19. The summed E-state index contributed by atoms with van der Waals surface area (Å²) < 4.78 is 19.8. The number of carbonyl (C=O) groups is 1. The highest BCUT2D eigenvalue weighted by Crippen LogP contribution is 2.37. The number of anilines is 1. The van der Waals surface area contributed by atoms with Crippen LogP contribution in [0.5, 0.6) is 0 Å². The molecule has 1 aliphatic heterocycles. The number of benzene rings is 1. The Bertz CT molecular complexity index is 714. The molecule has 0 amide bonds. The Morgan fingerprint density at radius 3 is 3.05 bits per heavy atom. The molecule has 21 heavy (non-hydrogen) atoms. The number of halogens is 1. The Hall–Kier alpha value is -2.77. The van der Waals surface area contributed by atoms with Crippen LogP contribution in [0.3, 0.4) is 0 Å². The summed E-state index contributed by atoms with van der Waals surface area (Å²) in [6, 6.07) is 5.31. The highest BCUT2D eigenvalue weighted by Gasteiger charge is 2.40. The Morgan fingerprint density at radius 1 is 1.52 bits per heavy atom. The number of tetrazole rings is 1. The van der Waals surface area contributed by atoms with Crippen LogP contribution in [-0.4, -0.2) is 33.3 Å². The number of nitrogens with one attached hydrogen (secondary N) is 1. The van der Waals surface area contributed by atoms with E-state index in [1.807, 2.05) is 0 Å². The SMILES string of the molecule is C=C1Nc2nnnn2[C@@H](c2cccc(F)c2)[C@@H]1C(=O)OC. The smallest absolute Gasteiger partial charge is 0.317 e. The molecule has 0 bridgehead atoms. The molecule has 7 nitrogen and oxygen atoms in total. The van der Waals surface area contributed by atoms with E-state index in [1.54, 1.807) is 12.1 Å². The zero-order valence-electron chi connectivity index (χ0n) is 11.2. The first-order chi connectivity index (χ1) is 10.1. The Morgan fingerprint density at radius 2 is 2.33 bits per heavy atom. The van der Waals surface area contributed by atoms with Gasteiger partial charge in [-0.15, -0.1) is 0 Å². The van der Waals surface area contributed by atoms with Gasteiger partial charge in [0.15, 0.2) is 0 Å². The van der Waals surface area contributed by atoms with Crippen molar-refractivity contribution in [1.29, 1.82) is 0 Å². The number of methoxy groups -OCH3 is 1. The molecule has 0 saturated carbocycles. The minimum atomic E-state index is -0.757. The van der Waals surface area contributed by atoms with E-state index in [1.165, 1.54) is 23.9 Å². The lowest BCUT2D eigenvalue weighted by atomic mass is 9.89. The molecule has 2 atom stereocenters. The van der Waals surface area contributed by atoms with Crippen molar-refractivity contribution in [3.05, 3.63) is 47.9 Å². The van der Waals surface area contributed by atoms with Crippen molar-refractivity contribution < 1.29 is 13.9 Å². The van der Waals surface area contributed by atoms with Gasteiger partial charge in [-0.1, -0.05) is 23.8 Å². The maximum absolute atomic E-state index is 13.5. The summed E-state index contributed by atoms with van der Waals surface area (Å²) in [4.78, 5) is 12.1. The summed E-state index contributed by atoms with van der Waals surface area (Å²) in [7, 11) is 1.29. The molecule has 1 aromatic carbocycles. The number of nitrogens with zero attached hydrogens (tertiary/aromatic N) is 4. The van der Waals surface area contributed by atoms with E-state index in [-0.39, 0.29) is 0 Å². The number of carbonyl (C=O) groups excluding carboxylic acids is 1. The van der Waals surface area contributed by atoms with Crippen molar-refractivity contribution in [1.82, 2.24) is 20.2 Å². The Balaban J connectivity index is 2.16. The molecule has 1 N–H and O–H groups in total. The van der Waals surface area contributed by atoms with E-state index >= 15 is 0 Å². The molecule has 2 aromatic rings. The topological polar surface area (TPSA) is 81.9 Å². The fraction of sp³-hybridized carbons (Fsp3) is 0.231. The molecule has 0 fully saturated rings. The summed E-state index contributed by atoms with van der Waals surface area (Å²) >= 11 is 0. The van der Waals surface area contributed by atoms with Gasteiger partial charge in [0, 0.05) is 5.70 Å². The predicted octanol–water partition coefficient (Wildman–Crippen LogP) is 1.13. The number of ether oxygens (including phenoxy) is 1. The molecule has 3 rings (SSSR count). The molecule has 0 spiro atoms. The largest absolute Gasteiger partial charge is 0.468 e. The normalized spacial score (nSPS) is 20.6. The quantitative estimate of drug-likeness (QED) is 0.835. The van der Waals surface area contributed by atoms with Crippen molar-refractivity contribution in [2.45, 2.75) is 6.04 Å². The van der Waals surface area contributed by atoms with Gasteiger partial charge < -0.3 is 10.1 Å². The van der Waals surface area contributed by atoms with Crippen LogP contribution in [0.2, 0.25) is 0 Å². The van der Waals surface area contributed by atoms with Crippen LogP contribution in [0.4, 0.5) is 10.3 Å². The molecule has 2 heterocycles. The Kier molecular flexibility index (Phi) is 3.13. The van der Waals surface area contributed by atoms with Crippen LogP contribution in [0.25, 0.3) is 0 Å². The third-order valence-corrected chi connectivity index (χ3v) is 3.37. The average Bonchev–Trinajstić information content (AvgIpc) is 2.92. The van der Waals surface area contributed by atoms with Gasteiger partial charge in [-0.25, -0.2) is 9.07 Å². The second-order valence-electron chi connectivity index (χ2n) is 4.60. The van der Waals surface area contributed by atoms with Crippen molar-refractivity contribution in [3.8, 4) is 0 Å². The van der Waals surface area contributed by atoms with Crippen LogP contribution < -0.4 is 5.32 Å². The number of aromatic nitrogens is 4. The van der Waals surface area contributed by atoms with Crippen LogP contribution in [0.1, 0.15) is 11.6 Å². The lowest BCUT2D eigenvalue weighted by Gasteiger charge is -2.32. The van der Waals surface area contributed by atoms with Gasteiger partial charge in [-0.3, -0.25) is 4.79 Å². The van der Waals surface area contributed by atoms with E-state index < -0.39 is 23.7 Å². The number of fused-ring (bicyclic) bond motifs is 1. The summed E-state index contributed by atoms with van der Waals surface area (Å²) in [5.74, 6) is -1.32. The van der Waals surface area contributed by atoms with E-state index in [2.05, 4.69) is 27.4 Å². The lowest BCUT2D eigenvalue weighted by Crippen LogP contribution is -2.37. The highest BCUT2D eigenvalue weighted by molar-refractivity contribution is 5.78. The fourth-order valence-corrected chi connectivity index (χ4v) is 2.44. The fourth-order valence-electron chi connectivity index (χ4n) is 2.44. The van der Waals surface area contributed by atoms with Crippen molar-refractivity contribution >= 4 is 11.9 Å². The second-order valence-corrected chi connectivity index (χ2v) is 4.60. The van der Waals surface area contributed by atoms with E-state index in [9.17, 15) is 9.18 Å². The maximum Gasteiger partial charge on any atom is 0.317 e. The van der Waals surface area contributed by atoms with Crippen LogP contribution in [-0.2, 0) is 9.53 Å². The molecule has 0 unspecified atom stereocenters. The molecule has 1 aromatic heterocycles. The summed E-state index contributed by atoms with van der Waals surface area (Å²) in [5, 5.41) is 14.1. The van der Waals surface area contributed by atoms with Crippen molar-refractivity contribution in [3.63, 3.8) is 0 Å². The third-order valence-electron chi connectivity index (χ3n) is 3.37. The predicted molar refractivity (Wildman–Crippen MR) is 70.6 cm³/mol. The first kappa shape index (κ1) is 13.2. The van der Waals surface area contributed by atoms with Gasteiger partial charge >= 0.3 is 5.97 Å². The first-order valence-electron chi connectivity index (χ1n) is 6.19. The van der Waals surface area contributed by atoms with E-state index in [0.29, 0.717) is 17.2 Å². The number of hydrogen-bond acceptors (Lipinski definition) is 6. The molecular weight excluding hydrogens is 277 g/mol. The minimum Gasteiger partial charge on any atom is -0.468 e. The van der Waals surface area contributed by atoms with Gasteiger partial charge in [-0.2, -0.15) is 0 Å². The Labute approximate surface area is 119 Å². The van der Waals surface area contributed by atoms with Crippen LogP contribution in [0.15, 0.2) is 36.5 Å². The van der Waals surface area contributed by atoms with Gasteiger partial charge in [-0.05, 0) is 28.1 Å². The molecule has 0 radical (unpaired) electrons. The van der Waals surface area contributed by atoms with Gasteiger partial charge in [0.1, 0.15) is 17.8 Å². The van der Waals surface area contributed by atoms with Crippen molar-refractivity contribution in [2.24, 2.45) is 5.92 Å². The van der Waals surface area contributed by atoms with Crippen LogP contribution in [0, 0.1) is 11.7 Å². The number of esters is 1. The maximum atomic E-state index is 13.5. The average molecular weight is 289 g/mol. The molecule has 0 aliphatic carbocycles. The van der Waals surface area contributed by atoms with E-state index in [0.717, 1.165) is 0 Å². The second kappa shape index (κ2) is 4.97. The molecule has 108 valence electrons. The molecular formula is C13H12FN5O2. The summed E-state index contributed by atoms with van der Waals surface area (Å²) in [5.41, 5.74) is 0.958. The number of hydrogen-bond donors (Lipinski definition) is 1. The van der Waals surface area contributed by atoms with E-state index in [4.69, 9.17) is 4.74 Å². The zero-order valence-corrected chi connectivity index (χ0v) is 11.2. The number of rotatable bonds is 2. The van der Waals surface area contributed by atoms with Crippen LogP contribution >= 0.6 is 0 Å². The van der Waals surface area contributed by atoms with Gasteiger partial charge in [0.05, 0.1) is 7.11 Å². The lowest BCUT2D eigenvalue weighted by molar-refractivity contribution is -0.145. The third kappa shape index (κ3) is 2.14. The summed E-state index contributed by atoms with van der Waals surface area (Å²) in [6.07, 6.45) is 0. The van der Waals surface area contributed by atoms with Crippen molar-refractivity contribution in [2.75, 3.05) is 12.4 Å². The highest BCUT2D eigenvalue weighted by atomic mass is 19.1. The monoisotopic (exact) mass is 289 g/mol.